The van der Waals surface area contributed by atoms with E-state index in [1.165, 1.54) is 0 Å². The fourth-order valence-electron chi connectivity index (χ4n) is 2.94. The van der Waals surface area contributed by atoms with Crippen molar-refractivity contribution in [3.63, 3.8) is 0 Å². The minimum Gasteiger partial charge on any atom is -0.374 e. The predicted octanol–water partition coefficient (Wildman–Crippen LogP) is 5.90. The van der Waals surface area contributed by atoms with Crippen LogP contribution in [0.5, 0.6) is 0 Å². The molecule has 0 spiro atoms. The van der Waals surface area contributed by atoms with Gasteiger partial charge in [-0.05, 0) is 22.8 Å². The number of rotatable bonds is 7. The van der Waals surface area contributed by atoms with Crippen molar-refractivity contribution in [1.29, 1.82) is 0 Å². The van der Waals surface area contributed by atoms with E-state index in [4.69, 9.17) is 9.73 Å². The van der Waals surface area contributed by atoms with Gasteiger partial charge in [0.2, 0.25) is 0 Å². The summed E-state index contributed by atoms with van der Waals surface area (Å²) in [6.45, 7) is 0. The Labute approximate surface area is 155 Å². The fraction of sp³-hybridized carbons (Fsp3) is 0.125. The average Bonchev–Trinajstić information content (AvgIpc) is 2.72. The van der Waals surface area contributed by atoms with Crippen LogP contribution < -0.4 is 0 Å². The largest absolute Gasteiger partial charge is 0.374 e. The molecule has 2 heteroatoms. The van der Waals surface area contributed by atoms with Gasteiger partial charge in [-0.3, -0.25) is 4.99 Å². The summed E-state index contributed by atoms with van der Waals surface area (Å²) >= 11 is 0. The van der Waals surface area contributed by atoms with Crippen LogP contribution in [0.4, 0.5) is 0 Å². The third-order valence-corrected chi connectivity index (χ3v) is 4.23. The first kappa shape index (κ1) is 17.8. The van der Waals surface area contributed by atoms with Gasteiger partial charge >= 0.3 is 0 Å². The van der Waals surface area contributed by atoms with E-state index < -0.39 is 0 Å². The van der Waals surface area contributed by atoms with Gasteiger partial charge in [-0.2, -0.15) is 0 Å². The molecule has 0 amide bonds. The SMILES string of the molecule is CO[C@@H](c1ccccc1)[C@H](N=C/C=C/c1ccccc1)c1ccccc1. The average molecular weight is 341 g/mol. The summed E-state index contributed by atoms with van der Waals surface area (Å²) in [5.41, 5.74) is 3.40. The van der Waals surface area contributed by atoms with Crippen LogP contribution in [0.25, 0.3) is 6.08 Å². The van der Waals surface area contributed by atoms with Crippen LogP contribution >= 0.6 is 0 Å². The number of hydrogen-bond acceptors (Lipinski definition) is 2. The molecule has 0 unspecified atom stereocenters. The highest BCUT2D eigenvalue weighted by molar-refractivity contribution is 5.78. The van der Waals surface area contributed by atoms with Crippen LogP contribution in [0.1, 0.15) is 28.8 Å². The molecule has 3 aromatic rings. The lowest BCUT2D eigenvalue weighted by atomic mass is 9.96. The van der Waals surface area contributed by atoms with Crippen LogP contribution in [0, 0.1) is 0 Å². The van der Waals surface area contributed by atoms with E-state index in [2.05, 4.69) is 42.5 Å². The smallest absolute Gasteiger partial charge is 0.109 e. The molecule has 0 aliphatic heterocycles. The number of allylic oxidation sites excluding steroid dienone is 1. The van der Waals surface area contributed by atoms with Crippen LogP contribution in [-0.4, -0.2) is 13.3 Å². The highest BCUT2D eigenvalue weighted by atomic mass is 16.5. The molecule has 3 aromatic carbocycles. The summed E-state index contributed by atoms with van der Waals surface area (Å²) in [6, 6.07) is 30.6. The van der Waals surface area contributed by atoms with E-state index in [9.17, 15) is 0 Å². The monoisotopic (exact) mass is 341 g/mol. The molecule has 0 aliphatic rings. The standard InChI is InChI=1S/C24H23NO/c1-26-24(22-17-9-4-10-18-22)23(21-15-7-3-8-16-21)25-19-11-14-20-12-5-2-6-13-20/h2-19,23-24H,1H3/b14-11+,25-19?/t23-,24+/m1/s1. The second-order valence-corrected chi connectivity index (χ2v) is 5.99. The Morgan fingerprint density at radius 3 is 1.85 bits per heavy atom. The Bertz CT molecular complexity index is 826. The fourth-order valence-corrected chi connectivity index (χ4v) is 2.94. The van der Waals surface area contributed by atoms with Crippen LogP contribution in [-0.2, 0) is 4.74 Å². The molecule has 0 aromatic heterocycles. The lowest BCUT2D eigenvalue weighted by molar-refractivity contribution is 0.0811. The van der Waals surface area contributed by atoms with Crippen molar-refractivity contribution in [3.05, 3.63) is 114 Å². The molecule has 0 heterocycles. The second kappa shape index (κ2) is 9.50. The highest BCUT2D eigenvalue weighted by Crippen LogP contribution is 2.34. The Hall–Kier alpha value is -2.97. The maximum Gasteiger partial charge on any atom is 0.109 e. The zero-order valence-electron chi connectivity index (χ0n) is 14.9. The molecule has 0 radical (unpaired) electrons. The van der Waals surface area contributed by atoms with Crippen molar-refractivity contribution in [2.45, 2.75) is 12.1 Å². The summed E-state index contributed by atoms with van der Waals surface area (Å²) < 4.78 is 5.83. The Morgan fingerprint density at radius 1 is 0.731 bits per heavy atom. The third-order valence-electron chi connectivity index (χ3n) is 4.23. The first-order chi connectivity index (χ1) is 12.9. The molecule has 0 bridgehead atoms. The highest BCUT2D eigenvalue weighted by Gasteiger charge is 2.23. The first-order valence-electron chi connectivity index (χ1n) is 8.76. The predicted molar refractivity (Wildman–Crippen MR) is 109 cm³/mol. The van der Waals surface area contributed by atoms with Gasteiger partial charge in [-0.15, -0.1) is 0 Å². The molecular weight excluding hydrogens is 318 g/mol. The number of methoxy groups -OCH3 is 1. The molecule has 2 nitrogen and oxygen atoms in total. The third kappa shape index (κ3) is 4.78. The number of ether oxygens (including phenoxy) is 1. The van der Waals surface area contributed by atoms with E-state index in [-0.39, 0.29) is 12.1 Å². The topological polar surface area (TPSA) is 21.6 Å². The molecule has 130 valence electrons. The van der Waals surface area contributed by atoms with Gasteiger partial charge in [0.1, 0.15) is 12.1 Å². The van der Waals surface area contributed by atoms with Crippen LogP contribution in [0.15, 0.2) is 102 Å². The van der Waals surface area contributed by atoms with E-state index in [1.54, 1.807) is 7.11 Å². The first-order valence-corrected chi connectivity index (χ1v) is 8.76. The van der Waals surface area contributed by atoms with Gasteiger partial charge in [0.15, 0.2) is 0 Å². The Morgan fingerprint density at radius 2 is 1.27 bits per heavy atom. The van der Waals surface area contributed by atoms with Gasteiger partial charge in [0.25, 0.3) is 0 Å². The lowest BCUT2D eigenvalue weighted by Crippen LogP contribution is -2.12. The summed E-state index contributed by atoms with van der Waals surface area (Å²) in [5, 5.41) is 0. The van der Waals surface area contributed by atoms with Gasteiger partial charge in [-0.1, -0.05) is 97.1 Å². The Balaban J connectivity index is 1.86. The lowest BCUT2D eigenvalue weighted by Gasteiger charge is -2.23. The maximum absolute atomic E-state index is 5.83. The number of nitrogens with zero attached hydrogens (tertiary/aromatic N) is 1. The van der Waals surface area contributed by atoms with Crippen molar-refractivity contribution in [2.75, 3.05) is 7.11 Å². The summed E-state index contributed by atoms with van der Waals surface area (Å²) in [4.78, 5) is 4.82. The normalized spacial score (nSPS) is 13.9. The van der Waals surface area contributed by atoms with E-state index in [1.807, 2.05) is 66.9 Å². The summed E-state index contributed by atoms with van der Waals surface area (Å²) in [7, 11) is 1.74. The Kier molecular flexibility index (Phi) is 6.52. The molecule has 3 rings (SSSR count). The van der Waals surface area contributed by atoms with Gasteiger partial charge < -0.3 is 4.74 Å². The van der Waals surface area contributed by atoms with E-state index >= 15 is 0 Å². The maximum atomic E-state index is 5.83. The van der Waals surface area contributed by atoms with E-state index in [0.717, 1.165) is 16.7 Å². The quantitative estimate of drug-likeness (QED) is 0.490. The number of hydrogen-bond donors (Lipinski definition) is 0. The van der Waals surface area contributed by atoms with Crippen molar-refractivity contribution in [1.82, 2.24) is 0 Å². The van der Waals surface area contributed by atoms with Crippen LogP contribution in [0.3, 0.4) is 0 Å². The van der Waals surface area contributed by atoms with Gasteiger partial charge in [0, 0.05) is 13.3 Å². The van der Waals surface area contributed by atoms with Gasteiger partial charge in [-0.25, -0.2) is 0 Å². The summed E-state index contributed by atoms with van der Waals surface area (Å²) in [5.74, 6) is 0. The molecule has 0 saturated carbocycles. The van der Waals surface area contributed by atoms with Crippen LogP contribution in [0.2, 0.25) is 0 Å². The molecular formula is C24H23NO. The molecule has 0 fully saturated rings. The minimum absolute atomic E-state index is 0.107. The number of benzene rings is 3. The molecule has 0 saturated heterocycles. The number of aliphatic imine (C=N–C) groups is 1. The molecule has 26 heavy (non-hydrogen) atoms. The molecule has 0 aliphatic carbocycles. The summed E-state index contributed by atoms with van der Waals surface area (Å²) in [6.07, 6.45) is 5.75. The van der Waals surface area contributed by atoms with Crippen molar-refractivity contribution >= 4 is 12.3 Å². The van der Waals surface area contributed by atoms with Crippen molar-refractivity contribution in [2.24, 2.45) is 4.99 Å². The van der Waals surface area contributed by atoms with E-state index in [0.29, 0.717) is 0 Å². The molecule has 0 N–H and O–H groups in total. The zero-order chi connectivity index (χ0) is 18.0. The minimum atomic E-state index is -0.139. The zero-order valence-corrected chi connectivity index (χ0v) is 14.9. The second-order valence-electron chi connectivity index (χ2n) is 5.99. The van der Waals surface area contributed by atoms with Crippen molar-refractivity contribution in [3.8, 4) is 0 Å². The van der Waals surface area contributed by atoms with Gasteiger partial charge in [0.05, 0.1) is 0 Å². The van der Waals surface area contributed by atoms with Crippen molar-refractivity contribution < 1.29 is 4.74 Å². The molecule has 2 atom stereocenters.